The molecule has 0 saturated carbocycles. The van der Waals surface area contributed by atoms with E-state index in [1.165, 1.54) is 0 Å². The van der Waals surface area contributed by atoms with Gasteiger partial charge in [0.2, 0.25) is 6.17 Å². The summed E-state index contributed by atoms with van der Waals surface area (Å²) < 4.78 is 15.0. The lowest BCUT2D eigenvalue weighted by Gasteiger charge is -2.13. The summed E-state index contributed by atoms with van der Waals surface area (Å²) in [4.78, 5) is 10.5. The van der Waals surface area contributed by atoms with E-state index in [0.717, 1.165) is 5.69 Å². The molecule has 1 aromatic rings. The van der Waals surface area contributed by atoms with Crippen LogP contribution in [0.1, 0.15) is 29.8 Å². The summed E-state index contributed by atoms with van der Waals surface area (Å²) in [6, 6.07) is 0. The van der Waals surface area contributed by atoms with Crippen molar-refractivity contribution < 1.29 is 14.3 Å². The maximum Gasteiger partial charge on any atom is 0.338 e. The summed E-state index contributed by atoms with van der Waals surface area (Å²) in [7, 11) is 1.76. The minimum absolute atomic E-state index is 0.670. The number of carboxylic acids is 1. The molecule has 0 radical (unpaired) electrons. The molecule has 2 atom stereocenters. The Hall–Kier alpha value is -1.39. The molecule has 0 spiro atoms. The summed E-state index contributed by atoms with van der Waals surface area (Å²) in [6.45, 7) is 5.13. The number of carboxylic acid groups (broad SMARTS) is 1. The smallest absolute Gasteiger partial charge is 0.338 e. The molecule has 4 nitrogen and oxygen atoms in total. The Morgan fingerprint density at radius 3 is 2.40 bits per heavy atom. The number of nitrogens with zero attached hydrogens (tertiary/aromatic N) is 2. The predicted octanol–water partition coefficient (Wildman–Crippen LogP) is 1.56. The van der Waals surface area contributed by atoms with Gasteiger partial charge in [-0.2, -0.15) is 5.10 Å². The summed E-state index contributed by atoms with van der Waals surface area (Å²) in [6.07, 6.45) is -1.88. The number of hydrogen-bond donors (Lipinski definition) is 1. The fourth-order valence-corrected chi connectivity index (χ4v) is 1.81. The number of aromatic nitrogens is 2. The van der Waals surface area contributed by atoms with Gasteiger partial charge in [-0.1, -0.05) is 6.92 Å². The van der Waals surface area contributed by atoms with E-state index in [1.54, 1.807) is 32.5 Å². The van der Waals surface area contributed by atoms with Gasteiger partial charge in [0.25, 0.3) is 0 Å². The lowest BCUT2D eigenvalue weighted by molar-refractivity contribution is -0.143. The maximum absolute atomic E-state index is 13.3. The molecule has 5 heteroatoms. The predicted molar refractivity (Wildman–Crippen MR) is 53.6 cm³/mol. The number of aryl methyl sites for hydroxylation is 2. The zero-order chi connectivity index (χ0) is 11.7. The molecule has 0 fully saturated rings. The van der Waals surface area contributed by atoms with Crippen molar-refractivity contribution in [1.29, 1.82) is 0 Å². The number of halogens is 1. The van der Waals surface area contributed by atoms with E-state index in [9.17, 15) is 9.18 Å². The highest BCUT2D eigenvalue weighted by Crippen LogP contribution is 2.27. The second kappa shape index (κ2) is 4.00. The van der Waals surface area contributed by atoms with Gasteiger partial charge in [0.1, 0.15) is 0 Å². The minimum atomic E-state index is -1.88. The Kier molecular flexibility index (Phi) is 3.12. The third-order valence-electron chi connectivity index (χ3n) is 2.70. The number of carbonyl (C=O) groups is 1. The van der Waals surface area contributed by atoms with Crippen LogP contribution < -0.4 is 0 Å². The molecule has 0 amide bonds. The fourth-order valence-electron chi connectivity index (χ4n) is 1.81. The van der Waals surface area contributed by atoms with Crippen molar-refractivity contribution in [3.8, 4) is 0 Å². The highest BCUT2D eigenvalue weighted by molar-refractivity contribution is 5.73. The maximum atomic E-state index is 13.3. The zero-order valence-corrected chi connectivity index (χ0v) is 9.28. The van der Waals surface area contributed by atoms with Crippen LogP contribution in [0.15, 0.2) is 0 Å². The lowest BCUT2D eigenvalue weighted by atomic mass is 9.94. The van der Waals surface area contributed by atoms with Gasteiger partial charge >= 0.3 is 5.97 Å². The van der Waals surface area contributed by atoms with Crippen molar-refractivity contribution in [2.45, 2.75) is 32.9 Å². The van der Waals surface area contributed by atoms with E-state index >= 15 is 0 Å². The molecule has 1 N–H and O–H groups in total. The Labute approximate surface area is 87.7 Å². The van der Waals surface area contributed by atoms with E-state index in [-0.39, 0.29) is 0 Å². The van der Waals surface area contributed by atoms with Crippen molar-refractivity contribution >= 4 is 5.97 Å². The largest absolute Gasteiger partial charge is 0.479 e. The van der Waals surface area contributed by atoms with Gasteiger partial charge in [-0.3, -0.25) is 4.68 Å². The van der Waals surface area contributed by atoms with Gasteiger partial charge in [0.15, 0.2) is 0 Å². The molecular formula is C10H15FN2O2. The quantitative estimate of drug-likeness (QED) is 0.830. The van der Waals surface area contributed by atoms with E-state index in [2.05, 4.69) is 5.10 Å². The number of aliphatic carboxylic acids is 1. The monoisotopic (exact) mass is 214 g/mol. The van der Waals surface area contributed by atoms with Gasteiger partial charge in [-0.05, 0) is 13.8 Å². The van der Waals surface area contributed by atoms with E-state index in [0.29, 0.717) is 11.3 Å². The van der Waals surface area contributed by atoms with Crippen molar-refractivity contribution in [3.05, 3.63) is 17.0 Å². The third kappa shape index (κ3) is 2.00. The van der Waals surface area contributed by atoms with E-state index < -0.39 is 18.1 Å². The Balaban J connectivity index is 3.10. The fraction of sp³-hybridized carbons (Fsp3) is 0.600. The molecular weight excluding hydrogens is 199 g/mol. The van der Waals surface area contributed by atoms with Crippen LogP contribution >= 0.6 is 0 Å². The van der Waals surface area contributed by atoms with Crippen LogP contribution in [-0.2, 0) is 11.8 Å². The van der Waals surface area contributed by atoms with Crippen molar-refractivity contribution in [1.82, 2.24) is 9.78 Å². The summed E-state index contributed by atoms with van der Waals surface area (Å²) in [5.74, 6) is -2.10. The third-order valence-corrected chi connectivity index (χ3v) is 2.70. The topological polar surface area (TPSA) is 55.1 Å². The SMILES string of the molecule is Cc1nn(C)c(C)c1C(C)C(F)C(=O)O. The first-order valence-corrected chi connectivity index (χ1v) is 4.73. The van der Waals surface area contributed by atoms with Crippen LogP contribution in [0, 0.1) is 13.8 Å². The molecule has 0 aliphatic carbocycles. The molecule has 1 rings (SSSR count). The molecule has 1 aromatic heterocycles. The van der Waals surface area contributed by atoms with Crippen LogP contribution in [0.5, 0.6) is 0 Å². The first-order valence-electron chi connectivity index (χ1n) is 4.73. The highest BCUT2D eigenvalue weighted by atomic mass is 19.1. The van der Waals surface area contributed by atoms with Gasteiger partial charge in [0, 0.05) is 24.2 Å². The Bertz CT molecular complexity index is 387. The average Bonchev–Trinajstić information content (AvgIpc) is 2.39. The highest BCUT2D eigenvalue weighted by Gasteiger charge is 2.29. The summed E-state index contributed by atoms with van der Waals surface area (Å²) in [5.41, 5.74) is 2.18. The van der Waals surface area contributed by atoms with Gasteiger partial charge in [-0.25, -0.2) is 9.18 Å². The average molecular weight is 214 g/mol. The van der Waals surface area contributed by atoms with Crippen LogP contribution in [0.2, 0.25) is 0 Å². The Morgan fingerprint density at radius 1 is 1.53 bits per heavy atom. The van der Waals surface area contributed by atoms with Crippen molar-refractivity contribution in [2.75, 3.05) is 0 Å². The summed E-state index contributed by atoms with van der Waals surface area (Å²) >= 11 is 0. The van der Waals surface area contributed by atoms with E-state index in [1.807, 2.05) is 0 Å². The van der Waals surface area contributed by atoms with Crippen LogP contribution in [0.25, 0.3) is 0 Å². The van der Waals surface area contributed by atoms with Crippen LogP contribution in [0.3, 0.4) is 0 Å². The first kappa shape index (κ1) is 11.7. The van der Waals surface area contributed by atoms with Crippen molar-refractivity contribution in [3.63, 3.8) is 0 Å². The molecule has 84 valence electrons. The van der Waals surface area contributed by atoms with Gasteiger partial charge in [-0.15, -0.1) is 0 Å². The standard InChI is InChI=1S/C10H15FN2O2/c1-5(9(11)10(14)15)8-6(2)12-13(4)7(8)3/h5,9H,1-4H3,(H,14,15). The van der Waals surface area contributed by atoms with Gasteiger partial charge < -0.3 is 5.11 Å². The van der Waals surface area contributed by atoms with Crippen LogP contribution in [0.4, 0.5) is 4.39 Å². The zero-order valence-electron chi connectivity index (χ0n) is 9.28. The van der Waals surface area contributed by atoms with Crippen molar-refractivity contribution in [2.24, 2.45) is 7.05 Å². The first-order chi connectivity index (χ1) is 6.86. The second-order valence-corrected chi connectivity index (χ2v) is 3.74. The molecule has 0 aliphatic heterocycles. The Morgan fingerprint density at radius 2 is 2.07 bits per heavy atom. The summed E-state index contributed by atoms with van der Waals surface area (Å²) in [5, 5.41) is 12.7. The lowest BCUT2D eigenvalue weighted by Crippen LogP contribution is -2.22. The second-order valence-electron chi connectivity index (χ2n) is 3.74. The molecule has 0 aliphatic rings. The van der Waals surface area contributed by atoms with E-state index in [4.69, 9.17) is 5.11 Å². The molecule has 0 aromatic carbocycles. The molecule has 2 unspecified atom stereocenters. The number of rotatable bonds is 3. The molecule has 1 heterocycles. The number of hydrogen-bond acceptors (Lipinski definition) is 2. The minimum Gasteiger partial charge on any atom is -0.479 e. The number of alkyl halides is 1. The normalized spacial score (nSPS) is 15.0. The molecule has 15 heavy (non-hydrogen) atoms. The molecule has 0 bridgehead atoms. The van der Waals surface area contributed by atoms with Crippen LogP contribution in [-0.4, -0.2) is 27.0 Å². The molecule has 0 saturated heterocycles. The van der Waals surface area contributed by atoms with Gasteiger partial charge in [0.05, 0.1) is 5.69 Å².